The predicted octanol–water partition coefficient (Wildman–Crippen LogP) is 1.95. The summed E-state index contributed by atoms with van der Waals surface area (Å²) in [6, 6.07) is 5.98. The van der Waals surface area contributed by atoms with E-state index in [9.17, 15) is 4.79 Å². The normalized spacial score (nSPS) is 17.9. The third-order valence-corrected chi connectivity index (χ3v) is 2.99. The van der Waals surface area contributed by atoms with E-state index < -0.39 is 6.10 Å². The molecular formula is C14H20N2O2. The van der Waals surface area contributed by atoms with Crippen molar-refractivity contribution in [2.24, 2.45) is 0 Å². The number of ether oxygens (including phenoxy) is 1. The summed E-state index contributed by atoms with van der Waals surface area (Å²) in [5.74, 6) is 0.677. The van der Waals surface area contributed by atoms with Crippen molar-refractivity contribution in [1.82, 2.24) is 5.32 Å². The SMILES string of the molecule is CCCNCCc1ccc2c(c1)NC(=O)C(C)O2. The third kappa shape index (κ3) is 3.01. The highest BCUT2D eigenvalue weighted by molar-refractivity contribution is 5.97. The average molecular weight is 248 g/mol. The Kier molecular flexibility index (Phi) is 4.20. The van der Waals surface area contributed by atoms with E-state index in [2.05, 4.69) is 23.6 Å². The number of fused-ring (bicyclic) bond motifs is 1. The van der Waals surface area contributed by atoms with Crippen molar-refractivity contribution in [3.8, 4) is 5.75 Å². The average Bonchev–Trinajstić information content (AvgIpc) is 2.36. The maximum absolute atomic E-state index is 11.5. The van der Waals surface area contributed by atoms with Crippen molar-refractivity contribution in [3.63, 3.8) is 0 Å². The van der Waals surface area contributed by atoms with Gasteiger partial charge in [0.15, 0.2) is 6.10 Å². The van der Waals surface area contributed by atoms with Crippen LogP contribution in [0, 0.1) is 0 Å². The molecule has 1 aromatic carbocycles. The van der Waals surface area contributed by atoms with Crippen molar-refractivity contribution < 1.29 is 9.53 Å². The van der Waals surface area contributed by atoms with E-state index in [1.165, 1.54) is 5.56 Å². The zero-order chi connectivity index (χ0) is 13.0. The Bertz CT molecular complexity index is 432. The molecule has 18 heavy (non-hydrogen) atoms. The number of benzene rings is 1. The Morgan fingerprint density at radius 3 is 3.00 bits per heavy atom. The zero-order valence-corrected chi connectivity index (χ0v) is 11.0. The van der Waals surface area contributed by atoms with Gasteiger partial charge in [-0.1, -0.05) is 13.0 Å². The van der Waals surface area contributed by atoms with Crippen molar-refractivity contribution in [1.29, 1.82) is 0 Å². The second kappa shape index (κ2) is 5.87. The number of hydrogen-bond donors (Lipinski definition) is 2. The van der Waals surface area contributed by atoms with Gasteiger partial charge in [0, 0.05) is 0 Å². The second-order valence-corrected chi connectivity index (χ2v) is 4.58. The summed E-state index contributed by atoms with van der Waals surface area (Å²) in [5.41, 5.74) is 1.99. The van der Waals surface area contributed by atoms with Crippen molar-refractivity contribution >= 4 is 11.6 Å². The summed E-state index contributed by atoms with van der Waals surface area (Å²) in [6.07, 6.45) is 1.69. The van der Waals surface area contributed by atoms with Crippen LogP contribution in [0.25, 0.3) is 0 Å². The highest BCUT2D eigenvalue weighted by Crippen LogP contribution is 2.30. The molecule has 0 bridgehead atoms. The first-order chi connectivity index (χ1) is 8.70. The molecule has 4 heteroatoms. The van der Waals surface area contributed by atoms with Gasteiger partial charge < -0.3 is 15.4 Å². The molecule has 0 radical (unpaired) electrons. The molecule has 2 rings (SSSR count). The fourth-order valence-electron chi connectivity index (χ4n) is 1.95. The minimum absolute atomic E-state index is 0.0799. The highest BCUT2D eigenvalue weighted by Gasteiger charge is 2.23. The molecular weight excluding hydrogens is 228 g/mol. The lowest BCUT2D eigenvalue weighted by atomic mass is 10.1. The Morgan fingerprint density at radius 1 is 1.39 bits per heavy atom. The Balaban J connectivity index is 1.99. The van der Waals surface area contributed by atoms with Gasteiger partial charge in [-0.25, -0.2) is 0 Å². The highest BCUT2D eigenvalue weighted by atomic mass is 16.5. The standard InChI is InChI=1S/C14H20N2O2/c1-3-7-15-8-6-11-4-5-13-12(9-11)16-14(17)10(2)18-13/h4-5,9-10,15H,3,6-8H2,1-2H3,(H,16,17). The van der Waals surface area contributed by atoms with E-state index in [0.717, 1.165) is 37.4 Å². The molecule has 1 atom stereocenters. The molecule has 1 amide bonds. The number of rotatable bonds is 5. The van der Waals surface area contributed by atoms with Crippen LogP contribution in [0.5, 0.6) is 5.75 Å². The summed E-state index contributed by atoms with van der Waals surface area (Å²) in [5, 5.41) is 6.23. The van der Waals surface area contributed by atoms with Gasteiger partial charge in [-0.05, 0) is 50.6 Å². The quantitative estimate of drug-likeness (QED) is 0.783. The lowest BCUT2D eigenvalue weighted by Crippen LogP contribution is -2.34. The molecule has 0 saturated heterocycles. The minimum atomic E-state index is -0.408. The van der Waals surface area contributed by atoms with Gasteiger partial charge in [-0.15, -0.1) is 0 Å². The van der Waals surface area contributed by atoms with Crippen LogP contribution >= 0.6 is 0 Å². The first-order valence-electron chi connectivity index (χ1n) is 6.52. The molecule has 0 aromatic heterocycles. The van der Waals surface area contributed by atoms with Crippen LogP contribution in [0.3, 0.4) is 0 Å². The smallest absolute Gasteiger partial charge is 0.265 e. The molecule has 1 aromatic rings. The van der Waals surface area contributed by atoms with Gasteiger partial charge in [0.1, 0.15) is 5.75 Å². The van der Waals surface area contributed by atoms with Gasteiger partial charge in [0.25, 0.3) is 5.91 Å². The molecule has 0 spiro atoms. The topological polar surface area (TPSA) is 50.4 Å². The van der Waals surface area contributed by atoms with Crippen LogP contribution in [0.1, 0.15) is 25.8 Å². The van der Waals surface area contributed by atoms with E-state index in [1.807, 2.05) is 12.1 Å². The first kappa shape index (κ1) is 12.9. The predicted molar refractivity (Wildman–Crippen MR) is 72.0 cm³/mol. The summed E-state index contributed by atoms with van der Waals surface area (Å²) >= 11 is 0. The third-order valence-electron chi connectivity index (χ3n) is 2.99. The van der Waals surface area contributed by atoms with Gasteiger partial charge >= 0.3 is 0 Å². The Labute approximate surface area is 108 Å². The van der Waals surface area contributed by atoms with E-state index >= 15 is 0 Å². The number of nitrogens with one attached hydrogen (secondary N) is 2. The van der Waals surface area contributed by atoms with Crippen LogP contribution in [-0.4, -0.2) is 25.1 Å². The molecule has 98 valence electrons. The second-order valence-electron chi connectivity index (χ2n) is 4.58. The molecule has 1 aliphatic rings. The summed E-state index contributed by atoms with van der Waals surface area (Å²) in [4.78, 5) is 11.5. The molecule has 1 heterocycles. The van der Waals surface area contributed by atoms with Crippen LogP contribution in [0.4, 0.5) is 5.69 Å². The van der Waals surface area contributed by atoms with Gasteiger partial charge in [0.05, 0.1) is 5.69 Å². The maximum atomic E-state index is 11.5. The summed E-state index contributed by atoms with van der Waals surface area (Å²) in [7, 11) is 0. The Hall–Kier alpha value is -1.55. The molecule has 0 fully saturated rings. The number of carbonyl (C=O) groups excluding carboxylic acids is 1. The van der Waals surface area contributed by atoms with E-state index in [1.54, 1.807) is 6.92 Å². The molecule has 1 unspecified atom stereocenters. The number of carbonyl (C=O) groups is 1. The van der Waals surface area contributed by atoms with E-state index in [4.69, 9.17) is 4.74 Å². The lowest BCUT2D eigenvalue weighted by molar-refractivity contribution is -0.122. The van der Waals surface area contributed by atoms with Crippen molar-refractivity contribution in [3.05, 3.63) is 23.8 Å². The fraction of sp³-hybridized carbons (Fsp3) is 0.500. The largest absolute Gasteiger partial charge is 0.479 e. The number of hydrogen-bond acceptors (Lipinski definition) is 3. The number of anilines is 1. The van der Waals surface area contributed by atoms with Crippen LogP contribution in [0.2, 0.25) is 0 Å². The zero-order valence-electron chi connectivity index (χ0n) is 11.0. The van der Waals surface area contributed by atoms with Crippen LogP contribution in [0.15, 0.2) is 18.2 Å². The van der Waals surface area contributed by atoms with Gasteiger partial charge in [-0.2, -0.15) is 0 Å². The van der Waals surface area contributed by atoms with Gasteiger partial charge in [0.2, 0.25) is 0 Å². The molecule has 1 aliphatic heterocycles. The fourth-order valence-corrected chi connectivity index (χ4v) is 1.95. The molecule has 0 saturated carbocycles. The summed E-state index contributed by atoms with van der Waals surface area (Å²) < 4.78 is 5.51. The monoisotopic (exact) mass is 248 g/mol. The maximum Gasteiger partial charge on any atom is 0.265 e. The van der Waals surface area contributed by atoms with Crippen LogP contribution < -0.4 is 15.4 Å². The molecule has 2 N–H and O–H groups in total. The van der Waals surface area contributed by atoms with Crippen molar-refractivity contribution in [2.75, 3.05) is 18.4 Å². The van der Waals surface area contributed by atoms with E-state index in [0.29, 0.717) is 0 Å². The summed E-state index contributed by atoms with van der Waals surface area (Å²) in [6.45, 7) is 5.90. The lowest BCUT2D eigenvalue weighted by Gasteiger charge is -2.23. The molecule has 0 aliphatic carbocycles. The van der Waals surface area contributed by atoms with E-state index in [-0.39, 0.29) is 5.91 Å². The minimum Gasteiger partial charge on any atom is -0.479 e. The van der Waals surface area contributed by atoms with Crippen molar-refractivity contribution in [2.45, 2.75) is 32.8 Å². The molecule has 4 nitrogen and oxygen atoms in total. The van der Waals surface area contributed by atoms with Crippen LogP contribution in [-0.2, 0) is 11.2 Å². The first-order valence-corrected chi connectivity index (χ1v) is 6.52. The van der Waals surface area contributed by atoms with Gasteiger partial charge in [-0.3, -0.25) is 4.79 Å². The Morgan fingerprint density at radius 2 is 2.22 bits per heavy atom. The number of amides is 1.